The van der Waals surface area contributed by atoms with E-state index in [2.05, 4.69) is 26.5 Å². The molecule has 0 spiro atoms. The minimum Gasteiger partial charge on any atom is -0.274 e. The summed E-state index contributed by atoms with van der Waals surface area (Å²) in [4.78, 5) is 24.8. The van der Waals surface area contributed by atoms with Gasteiger partial charge >= 0.3 is 0 Å². The molecular formula is C13H14ClNO2S. The third-order valence-corrected chi connectivity index (χ3v) is 3.71. The van der Waals surface area contributed by atoms with Gasteiger partial charge in [-0.3, -0.25) is 9.59 Å². The molecule has 0 radical (unpaired) electrons. The van der Waals surface area contributed by atoms with Crippen LogP contribution < -0.4 is 4.90 Å². The maximum Gasteiger partial charge on any atom is 0.247 e. The fourth-order valence-electron chi connectivity index (χ4n) is 1.93. The van der Waals surface area contributed by atoms with E-state index in [0.29, 0.717) is 16.6 Å². The highest BCUT2D eigenvalue weighted by Gasteiger charge is 2.38. The van der Waals surface area contributed by atoms with E-state index < -0.39 is 5.25 Å². The lowest BCUT2D eigenvalue weighted by molar-refractivity contribution is -0.121. The predicted octanol–water partition coefficient (Wildman–Crippen LogP) is 3.03. The predicted molar refractivity (Wildman–Crippen MR) is 75.4 cm³/mol. The molecule has 1 atom stereocenters. The van der Waals surface area contributed by atoms with Crippen LogP contribution in [0, 0.1) is 0 Å². The van der Waals surface area contributed by atoms with Crippen molar-refractivity contribution in [1.29, 1.82) is 0 Å². The topological polar surface area (TPSA) is 37.4 Å². The van der Waals surface area contributed by atoms with Gasteiger partial charge in [0.1, 0.15) is 0 Å². The summed E-state index contributed by atoms with van der Waals surface area (Å²) in [5.74, 6) is -0.208. The Morgan fingerprint density at radius 3 is 2.50 bits per heavy atom. The van der Waals surface area contributed by atoms with Crippen molar-refractivity contribution >= 4 is 41.7 Å². The zero-order valence-electron chi connectivity index (χ0n) is 10.2. The van der Waals surface area contributed by atoms with Crippen LogP contribution in [-0.2, 0) is 9.59 Å². The Balaban J connectivity index is 2.40. The lowest BCUT2D eigenvalue weighted by atomic mass is 10.0. The minimum absolute atomic E-state index is 0.129. The molecule has 18 heavy (non-hydrogen) atoms. The van der Waals surface area contributed by atoms with Gasteiger partial charge in [-0.2, -0.15) is 12.6 Å². The Morgan fingerprint density at radius 1 is 1.39 bits per heavy atom. The highest BCUT2D eigenvalue weighted by Crippen LogP contribution is 2.33. The molecule has 3 nitrogen and oxygen atoms in total. The number of carbonyl (C=O) groups excluding carboxylic acids is 2. The molecule has 1 saturated heterocycles. The smallest absolute Gasteiger partial charge is 0.247 e. The first-order chi connectivity index (χ1) is 8.41. The summed E-state index contributed by atoms with van der Waals surface area (Å²) in [5, 5.41) is -0.135. The van der Waals surface area contributed by atoms with Crippen LogP contribution in [0.3, 0.4) is 0 Å². The van der Waals surface area contributed by atoms with Crippen molar-refractivity contribution in [2.45, 2.75) is 31.4 Å². The number of thiol groups is 1. The fraction of sp³-hybridized carbons (Fsp3) is 0.385. The molecule has 1 unspecified atom stereocenters. The van der Waals surface area contributed by atoms with Gasteiger partial charge in [-0.15, -0.1) is 0 Å². The molecule has 1 aliphatic rings. The van der Waals surface area contributed by atoms with Crippen molar-refractivity contribution in [2.75, 3.05) is 4.90 Å². The van der Waals surface area contributed by atoms with Crippen LogP contribution in [-0.4, -0.2) is 17.1 Å². The van der Waals surface area contributed by atoms with Crippen LogP contribution >= 0.6 is 24.2 Å². The number of halogens is 1. The monoisotopic (exact) mass is 283 g/mol. The van der Waals surface area contributed by atoms with Crippen molar-refractivity contribution in [1.82, 2.24) is 0 Å². The van der Waals surface area contributed by atoms with E-state index in [9.17, 15) is 9.59 Å². The highest BCUT2D eigenvalue weighted by molar-refractivity contribution is 7.82. The standard InChI is InChI=1S/C13H14ClNO2S/c1-7(2)8-3-4-10(9(14)5-8)15-12(16)6-11(18)13(15)17/h3-5,7,11,18H,6H2,1-2H3. The molecule has 0 saturated carbocycles. The van der Waals surface area contributed by atoms with Gasteiger partial charge in [0.2, 0.25) is 11.8 Å². The largest absolute Gasteiger partial charge is 0.274 e. The van der Waals surface area contributed by atoms with Crippen molar-refractivity contribution in [3.63, 3.8) is 0 Å². The zero-order chi connectivity index (χ0) is 13.4. The first kappa shape index (κ1) is 13.4. The second-order valence-corrected chi connectivity index (χ2v) is 5.68. The summed E-state index contributed by atoms with van der Waals surface area (Å²) in [5.41, 5.74) is 1.53. The number of imide groups is 1. The van der Waals surface area contributed by atoms with E-state index in [1.165, 1.54) is 0 Å². The lowest BCUT2D eigenvalue weighted by Gasteiger charge is -2.17. The molecule has 0 bridgehead atoms. The number of carbonyl (C=O) groups is 2. The number of hydrogen-bond acceptors (Lipinski definition) is 3. The second-order valence-electron chi connectivity index (χ2n) is 4.65. The molecule has 0 aliphatic carbocycles. The van der Waals surface area contributed by atoms with Crippen LogP contribution in [0.5, 0.6) is 0 Å². The van der Waals surface area contributed by atoms with Gasteiger partial charge in [-0.1, -0.05) is 31.5 Å². The molecule has 0 N–H and O–H groups in total. The number of amides is 2. The Kier molecular flexibility index (Phi) is 3.69. The maximum absolute atomic E-state index is 11.9. The molecule has 1 aliphatic heterocycles. The maximum atomic E-state index is 11.9. The van der Waals surface area contributed by atoms with Gasteiger partial charge in [0.25, 0.3) is 0 Å². The van der Waals surface area contributed by atoms with Gasteiger partial charge in [0.05, 0.1) is 16.0 Å². The van der Waals surface area contributed by atoms with E-state index in [-0.39, 0.29) is 18.2 Å². The fourth-order valence-corrected chi connectivity index (χ4v) is 2.48. The van der Waals surface area contributed by atoms with Crippen LogP contribution in [0.1, 0.15) is 31.7 Å². The molecule has 96 valence electrons. The number of nitrogens with zero attached hydrogens (tertiary/aromatic N) is 1. The molecule has 0 aromatic heterocycles. The second kappa shape index (κ2) is 4.94. The van der Waals surface area contributed by atoms with Gasteiger partial charge < -0.3 is 0 Å². The van der Waals surface area contributed by atoms with E-state index in [0.717, 1.165) is 10.5 Å². The van der Waals surface area contributed by atoms with Crippen molar-refractivity contribution < 1.29 is 9.59 Å². The Hall–Kier alpha value is -1.00. The molecule has 1 aromatic rings. The molecular weight excluding hydrogens is 270 g/mol. The molecule has 2 rings (SSSR count). The van der Waals surface area contributed by atoms with Crippen molar-refractivity contribution in [3.05, 3.63) is 28.8 Å². The van der Waals surface area contributed by atoms with Gasteiger partial charge in [-0.25, -0.2) is 4.90 Å². The lowest BCUT2D eigenvalue weighted by Crippen LogP contribution is -2.30. The number of hydrogen-bond donors (Lipinski definition) is 1. The van der Waals surface area contributed by atoms with Gasteiger partial charge in [0, 0.05) is 6.42 Å². The van der Waals surface area contributed by atoms with Gasteiger partial charge in [-0.05, 0) is 23.6 Å². The third kappa shape index (κ3) is 2.27. The van der Waals surface area contributed by atoms with E-state index in [1.807, 2.05) is 6.07 Å². The summed E-state index contributed by atoms with van der Waals surface area (Å²) in [6.07, 6.45) is 0.129. The average molecular weight is 284 g/mol. The van der Waals surface area contributed by atoms with Crippen LogP contribution in [0.25, 0.3) is 0 Å². The minimum atomic E-state index is -0.557. The first-order valence-electron chi connectivity index (χ1n) is 5.76. The third-order valence-electron chi connectivity index (χ3n) is 3.00. The molecule has 5 heteroatoms. The quantitative estimate of drug-likeness (QED) is 0.669. The Labute approximate surface area is 117 Å². The highest BCUT2D eigenvalue weighted by atomic mass is 35.5. The molecule has 1 heterocycles. The molecule has 1 aromatic carbocycles. The summed E-state index contributed by atoms with van der Waals surface area (Å²) < 4.78 is 0. The number of benzene rings is 1. The van der Waals surface area contributed by atoms with Crippen molar-refractivity contribution in [2.24, 2.45) is 0 Å². The Bertz CT molecular complexity index is 516. The first-order valence-corrected chi connectivity index (χ1v) is 6.65. The van der Waals surface area contributed by atoms with Crippen LogP contribution in [0.4, 0.5) is 5.69 Å². The molecule has 2 amide bonds. The number of rotatable bonds is 2. The Morgan fingerprint density at radius 2 is 2.06 bits per heavy atom. The normalized spacial score (nSPS) is 20.1. The van der Waals surface area contributed by atoms with Crippen molar-refractivity contribution in [3.8, 4) is 0 Å². The van der Waals surface area contributed by atoms with E-state index in [4.69, 9.17) is 11.6 Å². The van der Waals surface area contributed by atoms with Crippen LogP contribution in [0.2, 0.25) is 5.02 Å². The summed E-state index contributed by atoms with van der Waals surface area (Å²) in [6.45, 7) is 4.11. The van der Waals surface area contributed by atoms with Gasteiger partial charge in [0.15, 0.2) is 0 Å². The van der Waals surface area contributed by atoms with E-state index >= 15 is 0 Å². The van der Waals surface area contributed by atoms with E-state index in [1.54, 1.807) is 12.1 Å². The SMILES string of the molecule is CC(C)c1ccc(N2C(=O)CC(S)C2=O)c(Cl)c1. The number of anilines is 1. The summed E-state index contributed by atoms with van der Waals surface area (Å²) >= 11 is 10.2. The average Bonchev–Trinajstić information content (AvgIpc) is 2.54. The summed E-state index contributed by atoms with van der Waals surface area (Å²) in [6, 6.07) is 5.41. The molecule has 1 fully saturated rings. The van der Waals surface area contributed by atoms with Crippen LogP contribution in [0.15, 0.2) is 18.2 Å². The zero-order valence-corrected chi connectivity index (χ0v) is 11.8. The summed E-state index contributed by atoms with van der Waals surface area (Å²) in [7, 11) is 0.